The highest BCUT2D eigenvalue weighted by Gasteiger charge is 2.23. The van der Waals surface area contributed by atoms with E-state index in [0.29, 0.717) is 24.6 Å². The van der Waals surface area contributed by atoms with Gasteiger partial charge in [0.1, 0.15) is 17.8 Å². The minimum atomic E-state index is -0.0216. The fourth-order valence-electron chi connectivity index (χ4n) is 3.42. The van der Waals surface area contributed by atoms with Crippen LogP contribution in [0.15, 0.2) is 36.4 Å². The van der Waals surface area contributed by atoms with Crippen molar-refractivity contribution in [2.45, 2.75) is 13.8 Å². The van der Waals surface area contributed by atoms with Gasteiger partial charge < -0.3 is 19.3 Å². The predicted molar refractivity (Wildman–Crippen MR) is 109 cm³/mol. The van der Waals surface area contributed by atoms with Crippen LogP contribution in [0.4, 0.5) is 5.69 Å². The molecule has 0 bridgehead atoms. The molecular weight excluding hydrogens is 356 g/mol. The summed E-state index contributed by atoms with van der Waals surface area (Å²) >= 11 is 0. The molecular formula is C22H26N2O4. The minimum absolute atomic E-state index is 0.0132. The molecule has 1 amide bonds. The van der Waals surface area contributed by atoms with Crippen molar-refractivity contribution in [3.8, 4) is 11.5 Å². The Hall–Kier alpha value is -3.02. The SMILES string of the molecule is COc1cccc(OCC(=O)N2CCN(c3cc(C)c(C=O)cc3C)CC2)c1. The number of carbonyl (C=O) groups excluding carboxylic acids is 2. The van der Waals surface area contributed by atoms with Crippen LogP contribution >= 0.6 is 0 Å². The number of nitrogens with zero attached hydrogens (tertiary/aromatic N) is 2. The van der Waals surface area contributed by atoms with Crippen LogP contribution < -0.4 is 14.4 Å². The molecule has 0 atom stereocenters. The summed E-state index contributed by atoms with van der Waals surface area (Å²) in [6.07, 6.45) is 0.894. The van der Waals surface area contributed by atoms with Crippen molar-refractivity contribution in [1.29, 1.82) is 0 Å². The standard InChI is InChI=1S/C22H26N2O4/c1-16-12-21(17(2)11-18(16)14-25)23-7-9-24(10-8-23)22(26)15-28-20-6-4-5-19(13-20)27-3/h4-6,11-14H,7-10,15H2,1-3H3. The molecule has 6 heteroatoms. The Morgan fingerprint density at radius 2 is 1.75 bits per heavy atom. The zero-order chi connectivity index (χ0) is 20.1. The zero-order valence-corrected chi connectivity index (χ0v) is 16.6. The maximum atomic E-state index is 12.5. The number of ether oxygens (including phenoxy) is 2. The third-order valence-corrected chi connectivity index (χ3v) is 5.09. The fraction of sp³-hybridized carbons (Fsp3) is 0.364. The summed E-state index contributed by atoms with van der Waals surface area (Å²) < 4.78 is 10.8. The molecule has 6 nitrogen and oxygen atoms in total. The molecule has 2 aromatic carbocycles. The number of piperazine rings is 1. The molecule has 28 heavy (non-hydrogen) atoms. The van der Waals surface area contributed by atoms with Gasteiger partial charge in [0.25, 0.3) is 5.91 Å². The Kier molecular flexibility index (Phi) is 6.19. The number of aryl methyl sites for hydroxylation is 2. The monoisotopic (exact) mass is 382 g/mol. The molecule has 1 fully saturated rings. The summed E-state index contributed by atoms with van der Waals surface area (Å²) in [5.41, 5.74) is 3.90. The van der Waals surface area contributed by atoms with E-state index in [1.54, 1.807) is 13.2 Å². The third-order valence-electron chi connectivity index (χ3n) is 5.09. The third kappa shape index (κ3) is 4.44. The van der Waals surface area contributed by atoms with Gasteiger partial charge in [-0.25, -0.2) is 0 Å². The van der Waals surface area contributed by atoms with E-state index in [9.17, 15) is 9.59 Å². The van der Waals surface area contributed by atoms with E-state index >= 15 is 0 Å². The molecule has 0 saturated carbocycles. The normalized spacial score (nSPS) is 14.0. The Balaban J connectivity index is 1.55. The summed E-state index contributed by atoms with van der Waals surface area (Å²) in [5, 5.41) is 0. The van der Waals surface area contributed by atoms with Crippen LogP contribution in [-0.4, -0.2) is 57.0 Å². The van der Waals surface area contributed by atoms with Gasteiger partial charge in [-0.3, -0.25) is 9.59 Å². The average Bonchev–Trinajstić information content (AvgIpc) is 2.73. The van der Waals surface area contributed by atoms with Gasteiger partial charge in [-0.05, 0) is 49.2 Å². The lowest BCUT2D eigenvalue weighted by Crippen LogP contribution is -2.50. The minimum Gasteiger partial charge on any atom is -0.497 e. The molecule has 3 rings (SSSR count). The molecule has 148 valence electrons. The average molecular weight is 382 g/mol. The highest BCUT2D eigenvalue weighted by molar-refractivity contribution is 5.80. The molecule has 0 aromatic heterocycles. The second-order valence-electron chi connectivity index (χ2n) is 6.95. The van der Waals surface area contributed by atoms with Crippen molar-refractivity contribution in [1.82, 2.24) is 4.90 Å². The zero-order valence-electron chi connectivity index (χ0n) is 16.6. The van der Waals surface area contributed by atoms with Gasteiger partial charge in [-0.15, -0.1) is 0 Å². The molecule has 1 heterocycles. The Labute approximate surface area is 165 Å². The number of hydrogen-bond acceptors (Lipinski definition) is 5. The number of benzene rings is 2. The van der Waals surface area contributed by atoms with E-state index in [2.05, 4.69) is 11.0 Å². The summed E-state index contributed by atoms with van der Waals surface area (Å²) in [4.78, 5) is 27.7. The lowest BCUT2D eigenvalue weighted by atomic mass is 10.0. The molecule has 1 aliphatic heterocycles. The molecule has 0 unspecified atom stereocenters. The van der Waals surface area contributed by atoms with Crippen molar-refractivity contribution >= 4 is 17.9 Å². The first-order valence-corrected chi connectivity index (χ1v) is 9.38. The summed E-state index contributed by atoms with van der Waals surface area (Å²) in [5.74, 6) is 1.30. The van der Waals surface area contributed by atoms with Crippen LogP contribution in [0.3, 0.4) is 0 Å². The van der Waals surface area contributed by atoms with Gasteiger partial charge in [-0.1, -0.05) is 6.07 Å². The highest BCUT2D eigenvalue weighted by atomic mass is 16.5. The van der Waals surface area contributed by atoms with E-state index in [0.717, 1.165) is 41.8 Å². The van der Waals surface area contributed by atoms with Crippen LogP contribution in [0.1, 0.15) is 21.5 Å². The van der Waals surface area contributed by atoms with Crippen LogP contribution in [0.5, 0.6) is 11.5 Å². The quantitative estimate of drug-likeness (QED) is 0.719. The second-order valence-corrected chi connectivity index (χ2v) is 6.95. The first-order chi connectivity index (χ1) is 13.5. The molecule has 1 saturated heterocycles. The van der Waals surface area contributed by atoms with Gasteiger partial charge in [0, 0.05) is 43.5 Å². The van der Waals surface area contributed by atoms with Crippen molar-refractivity contribution in [2.24, 2.45) is 0 Å². The molecule has 0 N–H and O–H groups in total. The highest BCUT2D eigenvalue weighted by Crippen LogP contribution is 2.25. The maximum absolute atomic E-state index is 12.5. The predicted octanol–water partition coefficient (Wildman–Crippen LogP) is 2.85. The molecule has 0 spiro atoms. The van der Waals surface area contributed by atoms with Crippen molar-refractivity contribution in [3.63, 3.8) is 0 Å². The van der Waals surface area contributed by atoms with Gasteiger partial charge >= 0.3 is 0 Å². The lowest BCUT2D eigenvalue weighted by Gasteiger charge is -2.37. The number of methoxy groups -OCH3 is 1. The second kappa shape index (κ2) is 8.78. The van der Waals surface area contributed by atoms with E-state index in [1.807, 2.05) is 43.0 Å². The number of rotatable bonds is 6. The maximum Gasteiger partial charge on any atom is 0.260 e. The smallest absolute Gasteiger partial charge is 0.260 e. The Bertz CT molecular complexity index is 858. The van der Waals surface area contributed by atoms with Gasteiger partial charge in [-0.2, -0.15) is 0 Å². The van der Waals surface area contributed by atoms with E-state index in [1.165, 1.54) is 0 Å². The van der Waals surface area contributed by atoms with E-state index < -0.39 is 0 Å². The molecule has 0 aliphatic carbocycles. The number of anilines is 1. The molecule has 1 aliphatic rings. The van der Waals surface area contributed by atoms with Crippen molar-refractivity contribution in [3.05, 3.63) is 53.1 Å². The number of aldehydes is 1. The topological polar surface area (TPSA) is 59.1 Å². The van der Waals surface area contributed by atoms with E-state index in [4.69, 9.17) is 9.47 Å². The van der Waals surface area contributed by atoms with Crippen molar-refractivity contribution in [2.75, 3.05) is 44.8 Å². The summed E-state index contributed by atoms with van der Waals surface area (Å²) in [7, 11) is 1.60. The first-order valence-electron chi connectivity index (χ1n) is 9.38. The fourth-order valence-corrected chi connectivity index (χ4v) is 3.42. The number of amides is 1. The number of carbonyl (C=O) groups is 2. The summed E-state index contributed by atoms with van der Waals surface area (Å²) in [6.45, 7) is 6.78. The van der Waals surface area contributed by atoms with Crippen LogP contribution in [-0.2, 0) is 4.79 Å². The van der Waals surface area contributed by atoms with E-state index in [-0.39, 0.29) is 12.5 Å². The van der Waals surface area contributed by atoms with Crippen LogP contribution in [0.25, 0.3) is 0 Å². The van der Waals surface area contributed by atoms with Crippen LogP contribution in [0.2, 0.25) is 0 Å². The Morgan fingerprint density at radius 1 is 1.04 bits per heavy atom. The number of hydrogen-bond donors (Lipinski definition) is 0. The Morgan fingerprint density at radius 3 is 2.43 bits per heavy atom. The molecule has 2 aromatic rings. The van der Waals surface area contributed by atoms with Gasteiger partial charge in [0.15, 0.2) is 6.61 Å². The molecule has 0 radical (unpaired) electrons. The van der Waals surface area contributed by atoms with Gasteiger partial charge in [0.05, 0.1) is 7.11 Å². The van der Waals surface area contributed by atoms with Gasteiger partial charge in [0.2, 0.25) is 0 Å². The van der Waals surface area contributed by atoms with Crippen LogP contribution in [0, 0.1) is 13.8 Å². The first kappa shape index (κ1) is 19.7. The lowest BCUT2D eigenvalue weighted by molar-refractivity contribution is -0.133. The summed E-state index contributed by atoms with van der Waals surface area (Å²) in [6, 6.07) is 11.2. The largest absolute Gasteiger partial charge is 0.497 e. The van der Waals surface area contributed by atoms with Crippen molar-refractivity contribution < 1.29 is 19.1 Å².